The van der Waals surface area contributed by atoms with Crippen LogP contribution in [0.25, 0.3) is 11.0 Å². The summed E-state index contributed by atoms with van der Waals surface area (Å²) in [5.74, 6) is 1.04. The number of aromatic nitrogens is 2. The molecular formula is C17H15N3. The molecule has 20 heavy (non-hydrogen) atoms. The number of nitrogens with zero attached hydrogens (tertiary/aromatic N) is 3. The Balaban J connectivity index is 2.00. The molecule has 3 aromatic rings. The molecule has 3 nitrogen and oxygen atoms in total. The normalized spacial score (nSPS) is 10.6. The SMILES string of the molecule is Cn1c(Cc2ccccc2)nc2cc(CC#N)ccc21. The summed E-state index contributed by atoms with van der Waals surface area (Å²) < 4.78 is 2.12. The summed E-state index contributed by atoms with van der Waals surface area (Å²) in [5.41, 5.74) is 4.34. The first-order valence-corrected chi connectivity index (χ1v) is 6.63. The van der Waals surface area contributed by atoms with Gasteiger partial charge in [0.05, 0.1) is 23.5 Å². The molecule has 0 saturated heterocycles. The van der Waals surface area contributed by atoms with Crippen LogP contribution < -0.4 is 0 Å². The van der Waals surface area contributed by atoms with Crippen LogP contribution >= 0.6 is 0 Å². The highest BCUT2D eigenvalue weighted by molar-refractivity contribution is 5.77. The van der Waals surface area contributed by atoms with Crippen molar-refractivity contribution in [2.24, 2.45) is 7.05 Å². The molecule has 0 aliphatic heterocycles. The summed E-state index contributed by atoms with van der Waals surface area (Å²) in [6, 6.07) is 18.6. The van der Waals surface area contributed by atoms with Gasteiger partial charge in [-0.05, 0) is 23.3 Å². The van der Waals surface area contributed by atoms with E-state index in [-0.39, 0.29) is 0 Å². The lowest BCUT2D eigenvalue weighted by Gasteiger charge is -2.02. The maximum Gasteiger partial charge on any atom is 0.114 e. The van der Waals surface area contributed by atoms with Gasteiger partial charge in [0, 0.05) is 13.5 Å². The molecular weight excluding hydrogens is 246 g/mol. The Morgan fingerprint density at radius 1 is 1.10 bits per heavy atom. The number of benzene rings is 2. The van der Waals surface area contributed by atoms with Crippen molar-refractivity contribution in [2.75, 3.05) is 0 Å². The van der Waals surface area contributed by atoms with Crippen LogP contribution in [0.3, 0.4) is 0 Å². The highest BCUT2D eigenvalue weighted by atomic mass is 15.1. The molecule has 2 aromatic carbocycles. The summed E-state index contributed by atoms with van der Waals surface area (Å²) in [7, 11) is 2.04. The first-order chi connectivity index (χ1) is 9.78. The molecule has 3 heteroatoms. The minimum Gasteiger partial charge on any atom is -0.331 e. The summed E-state index contributed by atoms with van der Waals surface area (Å²) in [6.07, 6.45) is 1.25. The van der Waals surface area contributed by atoms with E-state index in [1.807, 2.05) is 43.4 Å². The van der Waals surface area contributed by atoms with Crippen LogP contribution in [-0.4, -0.2) is 9.55 Å². The third-order valence-electron chi connectivity index (χ3n) is 3.53. The fourth-order valence-electron chi connectivity index (χ4n) is 2.43. The third-order valence-corrected chi connectivity index (χ3v) is 3.53. The van der Waals surface area contributed by atoms with Crippen LogP contribution in [0.4, 0.5) is 0 Å². The zero-order valence-corrected chi connectivity index (χ0v) is 11.4. The second kappa shape index (κ2) is 5.18. The van der Waals surface area contributed by atoms with Crippen LogP contribution in [0.2, 0.25) is 0 Å². The molecule has 1 aromatic heterocycles. The summed E-state index contributed by atoms with van der Waals surface area (Å²) >= 11 is 0. The topological polar surface area (TPSA) is 41.6 Å². The standard InChI is InChI=1S/C17H15N3/c1-20-16-8-7-14(9-10-18)11-15(16)19-17(20)12-13-5-3-2-4-6-13/h2-8,11H,9,12H2,1H3. The maximum atomic E-state index is 8.77. The average Bonchev–Trinajstić information content (AvgIpc) is 2.77. The Morgan fingerprint density at radius 3 is 2.65 bits per heavy atom. The highest BCUT2D eigenvalue weighted by Crippen LogP contribution is 2.19. The smallest absolute Gasteiger partial charge is 0.114 e. The fourth-order valence-corrected chi connectivity index (χ4v) is 2.43. The number of fused-ring (bicyclic) bond motifs is 1. The van der Waals surface area contributed by atoms with E-state index >= 15 is 0 Å². The van der Waals surface area contributed by atoms with E-state index in [1.54, 1.807) is 0 Å². The van der Waals surface area contributed by atoms with Crippen LogP contribution in [0.1, 0.15) is 17.0 Å². The summed E-state index contributed by atoms with van der Waals surface area (Å²) in [5, 5.41) is 8.77. The lowest BCUT2D eigenvalue weighted by Crippen LogP contribution is -1.98. The van der Waals surface area contributed by atoms with Crippen LogP contribution in [0, 0.1) is 11.3 Å². The minimum absolute atomic E-state index is 0.431. The van der Waals surface area contributed by atoms with Crippen molar-refractivity contribution in [1.29, 1.82) is 5.26 Å². The highest BCUT2D eigenvalue weighted by Gasteiger charge is 2.08. The molecule has 0 fully saturated rings. The molecule has 0 amide bonds. The monoisotopic (exact) mass is 261 g/mol. The quantitative estimate of drug-likeness (QED) is 0.726. The van der Waals surface area contributed by atoms with Crippen molar-refractivity contribution in [3.8, 4) is 6.07 Å². The Bertz CT molecular complexity index is 779. The van der Waals surface area contributed by atoms with Gasteiger partial charge in [-0.3, -0.25) is 0 Å². The third kappa shape index (κ3) is 2.28. The molecule has 0 radical (unpaired) electrons. The van der Waals surface area contributed by atoms with Gasteiger partial charge in [0.25, 0.3) is 0 Å². The lowest BCUT2D eigenvalue weighted by molar-refractivity contribution is 0.844. The molecule has 0 saturated carbocycles. The minimum atomic E-state index is 0.431. The second-order valence-corrected chi connectivity index (χ2v) is 4.91. The van der Waals surface area contributed by atoms with E-state index in [0.717, 1.165) is 28.8 Å². The van der Waals surface area contributed by atoms with Gasteiger partial charge in [-0.15, -0.1) is 0 Å². The Morgan fingerprint density at radius 2 is 1.90 bits per heavy atom. The van der Waals surface area contributed by atoms with Gasteiger partial charge in [-0.2, -0.15) is 5.26 Å². The Labute approximate surface area is 118 Å². The summed E-state index contributed by atoms with van der Waals surface area (Å²) in [4.78, 5) is 4.70. The molecule has 3 rings (SSSR count). The van der Waals surface area contributed by atoms with E-state index in [2.05, 4.69) is 22.8 Å². The molecule has 0 N–H and O–H groups in total. The lowest BCUT2D eigenvalue weighted by atomic mass is 10.1. The Hall–Kier alpha value is -2.60. The van der Waals surface area contributed by atoms with Crippen molar-refractivity contribution in [2.45, 2.75) is 12.8 Å². The molecule has 1 heterocycles. The first kappa shape index (κ1) is 12.4. The molecule has 0 atom stereocenters. The van der Waals surface area contributed by atoms with Crippen molar-refractivity contribution < 1.29 is 0 Å². The first-order valence-electron chi connectivity index (χ1n) is 6.63. The molecule has 0 aliphatic carbocycles. The van der Waals surface area contributed by atoms with E-state index in [4.69, 9.17) is 10.2 Å². The van der Waals surface area contributed by atoms with Crippen molar-refractivity contribution in [1.82, 2.24) is 9.55 Å². The van der Waals surface area contributed by atoms with Crippen LogP contribution in [-0.2, 0) is 19.9 Å². The van der Waals surface area contributed by atoms with E-state index in [1.165, 1.54) is 5.56 Å². The largest absolute Gasteiger partial charge is 0.331 e. The van der Waals surface area contributed by atoms with Crippen molar-refractivity contribution >= 4 is 11.0 Å². The number of aryl methyl sites for hydroxylation is 1. The predicted octanol–water partition coefficient (Wildman–Crippen LogP) is 3.23. The maximum absolute atomic E-state index is 8.77. The number of rotatable bonds is 3. The number of nitriles is 1. The second-order valence-electron chi connectivity index (χ2n) is 4.91. The number of hydrogen-bond donors (Lipinski definition) is 0. The van der Waals surface area contributed by atoms with Gasteiger partial charge in [0.15, 0.2) is 0 Å². The predicted molar refractivity (Wildman–Crippen MR) is 79.3 cm³/mol. The molecule has 0 spiro atoms. The van der Waals surface area contributed by atoms with Crippen molar-refractivity contribution in [3.05, 3.63) is 65.5 Å². The van der Waals surface area contributed by atoms with Gasteiger partial charge in [0.2, 0.25) is 0 Å². The zero-order chi connectivity index (χ0) is 13.9. The van der Waals surface area contributed by atoms with Gasteiger partial charge in [-0.1, -0.05) is 36.4 Å². The fraction of sp³-hybridized carbons (Fsp3) is 0.176. The zero-order valence-electron chi connectivity index (χ0n) is 11.4. The van der Waals surface area contributed by atoms with Gasteiger partial charge < -0.3 is 4.57 Å². The Kier molecular flexibility index (Phi) is 3.22. The molecule has 0 unspecified atom stereocenters. The molecule has 0 bridgehead atoms. The van der Waals surface area contributed by atoms with Crippen molar-refractivity contribution in [3.63, 3.8) is 0 Å². The van der Waals surface area contributed by atoms with Crippen LogP contribution in [0.15, 0.2) is 48.5 Å². The summed E-state index contributed by atoms with van der Waals surface area (Å²) in [6.45, 7) is 0. The van der Waals surface area contributed by atoms with E-state index in [9.17, 15) is 0 Å². The average molecular weight is 261 g/mol. The molecule has 0 aliphatic rings. The van der Waals surface area contributed by atoms with E-state index in [0.29, 0.717) is 6.42 Å². The number of hydrogen-bond acceptors (Lipinski definition) is 2. The number of imidazole rings is 1. The van der Waals surface area contributed by atoms with Crippen LogP contribution in [0.5, 0.6) is 0 Å². The van der Waals surface area contributed by atoms with Gasteiger partial charge in [0.1, 0.15) is 5.82 Å². The molecule has 98 valence electrons. The van der Waals surface area contributed by atoms with Gasteiger partial charge in [-0.25, -0.2) is 4.98 Å². The van der Waals surface area contributed by atoms with Gasteiger partial charge >= 0.3 is 0 Å². The van der Waals surface area contributed by atoms with E-state index < -0.39 is 0 Å².